The lowest BCUT2D eigenvalue weighted by Crippen LogP contribution is -2.14. The van der Waals surface area contributed by atoms with Crippen molar-refractivity contribution in [3.05, 3.63) is 35.1 Å². The van der Waals surface area contributed by atoms with Gasteiger partial charge in [-0.3, -0.25) is 0 Å². The summed E-state index contributed by atoms with van der Waals surface area (Å²) < 4.78 is 51.3. The van der Waals surface area contributed by atoms with E-state index in [0.717, 1.165) is 37.8 Å². The van der Waals surface area contributed by atoms with Crippen LogP contribution in [0.2, 0.25) is 0 Å². The lowest BCUT2D eigenvalue weighted by Gasteiger charge is -2.15. The Morgan fingerprint density at radius 1 is 1.11 bits per heavy atom. The Morgan fingerprint density at radius 2 is 1.68 bits per heavy atom. The van der Waals surface area contributed by atoms with Gasteiger partial charge in [0, 0.05) is 0 Å². The van der Waals surface area contributed by atoms with Gasteiger partial charge < -0.3 is 5.11 Å². The van der Waals surface area contributed by atoms with Crippen LogP contribution in [0.1, 0.15) is 36.8 Å². The fourth-order valence-corrected chi connectivity index (χ4v) is 3.51. The van der Waals surface area contributed by atoms with E-state index in [1.165, 1.54) is 6.07 Å². The average molecular weight is 274 g/mol. The molecule has 2 saturated carbocycles. The Labute approximate surface area is 108 Å². The zero-order valence-electron chi connectivity index (χ0n) is 10.2. The molecular formula is C14H14F4O. The number of aliphatic hydroxyl groups is 1. The van der Waals surface area contributed by atoms with Crippen molar-refractivity contribution in [2.24, 2.45) is 11.8 Å². The smallest absolute Gasteiger partial charge is 0.385 e. The Hall–Kier alpha value is -1.10. The molecule has 2 aliphatic carbocycles. The molecule has 1 aromatic rings. The fraction of sp³-hybridized carbons (Fsp3) is 0.571. The molecule has 0 spiro atoms. The van der Waals surface area contributed by atoms with Crippen molar-refractivity contribution in [2.75, 3.05) is 0 Å². The minimum Gasteiger partial charge on any atom is -0.385 e. The predicted octanol–water partition coefficient (Wildman–Crippen LogP) is 3.85. The molecule has 0 aliphatic heterocycles. The molecule has 2 atom stereocenters. The van der Waals surface area contributed by atoms with Crippen LogP contribution < -0.4 is 0 Å². The third-order valence-electron chi connectivity index (χ3n) is 4.52. The molecule has 0 heterocycles. The highest BCUT2D eigenvalue weighted by molar-refractivity contribution is 5.37. The zero-order chi connectivity index (χ0) is 13.8. The van der Waals surface area contributed by atoms with E-state index in [2.05, 4.69) is 0 Å². The first-order chi connectivity index (χ1) is 8.85. The van der Waals surface area contributed by atoms with Crippen LogP contribution in [0.15, 0.2) is 18.2 Å². The molecule has 0 saturated heterocycles. The maximum atomic E-state index is 13.2. The largest absolute Gasteiger partial charge is 0.419 e. The summed E-state index contributed by atoms with van der Waals surface area (Å²) in [6, 6.07) is 2.86. The van der Waals surface area contributed by atoms with Crippen molar-refractivity contribution in [3.8, 4) is 0 Å². The van der Waals surface area contributed by atoms with E-state index in [0.29, 0.717) is 0 Å². The van der Waals surface area contributed by atoms with Gasteiger partial charge in [-0.15, -0.1) is 0 Å². The SMILES string of the molecule is OC1(c2ccc(F)c(C(F)(F)F)c2)C2CCCCC21. The van der Waals surface area contributed by atoms with Crippen molar-refractivity contribution in [3.63, 3.8) is 0 Å². The summed E-state index contributed by atoms with van der Waals surface area (Å²) in [5, 5.41) is 10.6. The van der Waals surface area contributed by atoms with Crippen LogP contribution in [0.4, 0.5) is 17.6 Å². The number of fused-ring (bicyclic) bond motifs is 1. The number of rotatable bonds is 1. The number of hydrogen-bond donors (Lipinski definition) is 1. The van der Waals surface area contributed by atoms with E-state index < -0.39 is 23.2 Å². The van der Waals surface area contributed by atoms with Crippen LogP contribution in [0, 0.1) is 17.7 Å². The Kier molecular flexibility index (Phi) is 2.68. The molecule has 0 bridgehead atoms. The third kappa shape index (κ3) is 1.86. The van der Waals surface area contributed by atoms with Crippen LogP contribution in [-0.4, -0.2) is 5.11 Å². The predicted molar refractivity (Wildman–Crippen MR) is 60.7 cm³/mol. The molecule has 104 valence electrons. The number of alkyl halides is 3. The number of halogens is 4. The zero-order valence-corrected chi connectivity index (χ0v) is 10.2. The summed E-state index contributed by atoms with van der Waals surface area (Å²) in [4.78, 5) is 0. The average Bonchev–Trinajstić information content (AvgIpc) is 2.96. The molecule has 1 nitrogen and oxygen atoms in total. The lowest BCUT2D eigenvalue weighted by atomic mass is 10.0. The molecule has 1 aromatic carbocycles. The van der Waals surface area contributed by atoms with Gasteiger partial charge in [0.1, 0.15) is 5.82 Å². The lowest BCUT2D eigenvalue weighted by molar-refractivity contribution is -0.140. The minimum absolute atomic E-state index is 0.0350. The Bertz CT molecular complexity index is 497. The van der Waals surface area contributed by atoms with Crippen LogP contribution in [0.25, 0.3) is 0 Å². The van der Waals surface area contributed by atoms with E-state index in [1.807, 2.05) is 0 Å². The van der Waals surface area contributed by atoms with E-state index in [1.54, 1.807) is 0 Å². The summed E-state index contributed by atoms with van der Waals surface area (Å²) in [7, 11) is 0. The first kappa shape index (κ1) is 12.9. The first-order valence-corrected chi connectivity index (χ1v) is 6.44. The van der Waals surface area contributed by atoms with Gasteiger partial charge in [0.05, 0.1) is 11.2 Å². The molecule has 1 N–H and O–H groups in total. The van der Waals surface area contributed by atoms with Gasteiger partial charge >= 0.3 is 6.18 Å². The summed E-state index contributed by atoms with van der Waals surface area (Å²) in [6.45, 7) is 0. The normalized spacial score (nSPS) is 33.9. The van der Waals surface area contributed by atoms with Gasteiger partial charge in [0.2, 0.25) is 0 Å². The standard InChI is InChI=1S/C14H14F4O/c15-12-6-5-8(7-11(12)14(16,17)18)13(19)9-3-1-2-4-10(9)13/h5-7,9-10,19H,1-4H2. The maximum Gasteiger partial charge on any atom is 0.419 e. The van der Waals surface area contributed by atoms with Crippen LogP contribution in [0.3, 0.4) is 0 Å². The van der Waals surface area contributed by atoms with E-state index in [4.69, 9.17) is 0 Å². The number of hydrogen-bond acceptors (Lipinski definition) is 1. The third-order valence-corrected chi connectivity index (χ3v) is 4.52. The molecule has 19 heavy (non-hydrogen) atoms. The van der Waals surface area contributed by atoms with Gasteiger partial charge in [0.15, 0.2) is 0 Å². The van der Waals surface area contributed by atoms with Crippen molar-refractivity contribution >= 4 is 0 Å². The molecule has 0 aromatic heterocycles. The summed E-state index contributed by atoms with van der Waals surface area (Å²) >= 11 is 0. The minimum atomic E-state index is -4.73. The molecule has 2 aliphatic rings. The molecule has 3 rings (SSSR count). The highest BCUT2D eigenvalue weighted by atomic mass is 19.4. The quantitative estimate of drug-likeness (QED) is 0.771. The highest BCUT2D eigenvalue weighted by Gasteiger charge is 2.64. The van der Waals surface area contributed by atoms with Crippen LogP contribution in [0.5, 0.6) is 0 Å². The fourth-order valence-electron chi connectivity index (χ4n) is 3.51. The van der Waals surface area contributed by atoms with Crippen molar-refractivity contribution < 1.29 is 22.7 Å². The van der Waals surface area contributed by atoms with Crippen LogP contribution >= 0.6 is 0 Å². The van der Waals surface area contributed by atoms with Gasteiger partial charge in [-0.1, -0.05) is 18.9 Å². The second kappa shape index (κ2) is 3.95. The molecule has 2 unspecified atom stereocenters. The topological polar surface area (TPSA) is 20.2 Å². The first-order valence-electron chi connectivity index (χ1n) is 6.44. The van der Waals surface area contributed by atoms with E-state index in [-0.39, 0.29) is 17.4 Å². The Balaban J connectivity index is 1.99. The van der Waals surface area contributed by atoms with Gasteiger partial charge in [-0.2, -0.15) is 13.2 Å². The Morgan fingerprint density at radius 3 is 2.21 bits per heavy atom. The highest BCUT2D eigenvalue weighted by Crippen LogP contribution is 2.64. The summed E-state index contributed by atoms with van der Waals surface area (Å²) in [5.74, 6) is -1.22. The molecular weight excluding hydrogens is 260 g/mol. The van der Waals surface area contributed by atoms with Gasteiger partial charge in [0.25, 0.3) is 0 Å². The van der Waals surface area contributed by atoms with Crippen molar-refractivity contribution in [1.29, 1.82) is 0 Å². The second-order valence-electron chi connectivity index (χ2n) is 5.52. The number of benzene rings is 1. The van der Waals surface area contributed by atoms with E-state index in [9.17, 15) is 22.7 Å². The summed E-state index contributed by atoms with van der Waals surface area (Å²) in [6.07, 6.45) is -1.07. The van der Waals surface area contributed by atoms with Crippen molar-refractivity contribution in [2.45, 2.75) is 37.5 Å². The molecule has 0 amide bonds. The van der Waals surface area contributed by atoms with Gasteiger partial charge in [-0.05, 0) is 42.4 Å². The molecule has 0 radical (unpaired) electrons. The maximum absolute atomic E-state index is 13.2. The van der Waals surface area contributed by atoms with Crippen molar-refractivity contribution in [1.82, 2.24) is 0 Å². The van der Waals surface area contributed by atoms with E-state index >= 15 is 0 Å². The van der Waals surface area contributed by atoms with Gasteiger partial charge in [-0.25, -0.2) is 4.39 Å². The second-order valence-corrected chi connectivity index (χ2v) is 5.52. The summed E-state index contributed by atoms with van der Waals surface area (Å²) in [5.41, 5.74) is -2.26. The van der Waals surface area contributed by atoms with Crippen LogP contribution in [-0.2, 0) is 11.8 Å². The molecule has 2 fully saturated rings. The monoisotopic (exact) mass is 274 g/mol. The molecule has 5 heteroatoms.